The number of rotatable bonds is 3. The molecule has 3 rings (SSSR count). The molecule has 0 aliphatic carbocycles. The lowest BCUT2D eigenvalue weighted by Gasteiger charge is -1.98. The topological polar surface area (TPSA) is 56.7 Å². The van der Waals surface area contributed by atoms with Gasteiger partial charge in [-0.3, -0.25) is 4.68 Å². The number of nitrogens with zero attached hydrogens (tertiary/aromatic N) is 4. The Morgan fingerprint density at radius 2 is 2.00 bits per heavy atom. The minimum atomic E-state index is -0.346. The molecule has 0 spiro atoms. The molecule has 0 N–H and O–H groups in total. The van der Waals surface area contributed by atoms with Crippen LogP contribution in [-0.4, -0.2) is 19.9 Å². The van der Waals surface area contributed by atoms with Gasteiger partial charge in [-0.1, -0.05) is 11.2 Å². The van der Waals surface area contributed by atoms with Gasteiger partial charge in [0.1, 0.15) is 5.82 Å². The molecule has 3 aromatic rings. The number of hydrogen-bond donors (Lipinski definition) is 0. The van der Waals surface area contributed by atoms with Crippen molar-refractivity contribution in [1.29, 1.82) is 0 Å². The van der Waals surface area contributed by atoms with Crippen LogP contribution >= 0.6 is 0 Å². The van der Waals surface area contributed by atoms with E-state index in [1.807, 2.05) is 38.6 Å². The lowest BCUT2D eigenvalue weighted by molar-refractivity contribution is 0.385. The molecular formula is C16H17FN4O. The molecule has 0 aliphatic heterocycles. The second-order valence-corrected chi connectivity index (χ2v) is 5.44. The summed E-state index contributed by atoms with van der Waals surface area (Å²) in [4.78, 5) is 4.30. The van der Waals surface area contributed by atoms with Crippen molar-refractivity contribution in [3.8, 4) is 11.4 Å². The zero-order chi connectivity index (χ0) is 15.9. The number of aryl methyl sites for hydroxylation is 3. The van der Waals surface area contributed by atoms with Crippen LogP contribution in [0.2, 0.25) is 0 Å². The third-order valence-electron chi connectivity index (χ3n) is 3.82. The number of benzene rings is 1. The Morgan fingerprint density at radius 3 is 2.64 bits per heavy atom. The van der Waals surface area contributed by atoms with Gasteiger partial charge in [-0.05, 0) is 38.5 Å². The quantitative estimate of drug-likeness (QED) is 0.745. The standard InChI is InChI=1S/C16H17FN4O/c1-9-5-6-12(14(17)7-9)16-18-15(22-20-16)8-13-10(2)19-21(4)11(13)3/h5-7H,8H2,1-4H3. The molecule has 0 bridgehead atoms. The normalized spacial score (nSPS) is 11.1. The van der Waals surface area contributed by atoms with Crippen LogP contribution in [0.1, 0.15) is 28.4 Å². The largest absolute Gasteiger partial charge is 0.339 e. The van der Waals surface area contributed by atoms with Crippen molar-refractivity contribution in [1.82, 2.24) is 19.9 Å². The van der Waals surface area contributed by atoms with E-state index in [0.29, 0.717) is 17.9 Å². The van der Waals surface area contributed by atoms with Crippen molar-refractivity contribution < 1.29 is 8.91 Å². The molecule has 0 fully saturated rings. The Bertz CT molecular complexity index is 835. The summed E-state index contributed by atoms with van der Waals surface area (Å²) < 4.78 is 21.1. The first-order valence-corrected chi connectivity index (χ1v) is 7.04. The summed E-state index contributed by atoms with van der Waals surface area (Å²) in [6.07, 6.45) is 0.492. The van der Waals surface area contributed by atoms with E-state index in [2.05, 4.69) is 15.2 Å². The predicted molar refractivity (Wildman–Crippen MR) is 79.9 cm³/mol. The molecule has 6 heteroatoms. The summed E-state index contributed by atoms with van der Waals surface area (Å²) in [5.74, 6) is 0.377. The Kier molecular flexibility index (Phi) is 3.52. The fraction of sp³-hybridized carbons (Fsp3) is 0.312. The molecule has 2 aromatic heterocycles. The smallest absolute Gasteiger partial charge is 0.231 e. The van der Waals surface area contributed by atoms with Gasteiger partial charge in [0.25, 0.3) is 0 Å². The van der Waals surface area contributed by atoms with Crippen LogP contribution in [0.25, 0.3) is 11.4 Å². The predicted octanol–water partition coefficient (Wildman–Crippen LogP) is 3.13. The third kappa shape index (κ3) is 2.52. The first kappa shape index (κ1) is 14.4. The van der Waals surface area contributed by atoms with Gasteiger partial charge in [-0.15, -0.1) is 0 Å². The first-order valence-electron chi connectivity index (χ1n) is 7.04. The minimum Gasteiger partial charge on any atom is -0.339 e. The van der Waals surface area contributed by atoms with Gasteiger partial charge in [0, 0.05) is 18.3 Å². The second kappa shape index (κ2) is 5.36. The van der Waals surface area contributed by atoms with Crippen molar-refractivity contribution >= 4 is 0 Å². The van der Waals surface area contributed by atoms with Crippen LogP contribution < -0.4 is 0 Å². The van der Waals surface area contributed by atoms with Crippen molar-refractivity contribution in [2.45, 2.75) is 27.2 Å². The molecule has 1 aromatic carbocycles. The molecule has 0 saturated heterocycles. The Hall–Kier alpha value is -2.50. The van der Waals surface area contributed by atoms with Gasteiger partial charge in [0.15, 0.2) is 0 Å². The van der Waals surface area contributed by atoms with Gasteiger partial charge in [-0.2, -0.15) is 10.1 Å². The Morgan fingerprint density at radius 1 is 1.23 bits per heavy atom. The molecule has 0 aliphatic rings. The SMILES string of the molecule is Cc1ccc(-c2noc(Cc3c(C)nn(C)c3C)n2)c(F)c1. The molecule has 0 unspecified atom stereocenters. The highest BCUT2D eigenvalue weighted by molar-refractivity contribution is 5.55. The zero-order valence-electron chi connectivity index (χ0n) is 13.0. The van der Waals surface area contributed by atoms with Crippen LogP contribution in [0.5, 0.6) is 0 Å². The number of halogens is 1. The third-order valence-corrected chi connectivity index (χ3v) is 3.82. The molecule has 5 nitrogen and oxygen atoms in total. The maximum atomic E-state index is 14.0. The Labute approximate surface area is 127 Å². The van der Waals surface area contributed by atoms with Crippen molar-refractivity contribution in [2.24, 2.45) is 7.05 Å². The van der Waals surface area contributed by atoms with Gasteiger partial charge in [-0.25, -0.2) is 4.39 Å². The molecule has 0 saturated carbocycles. The Balaban J connectivity index is 1.91. The van der Waals surface area contributed by atoms with Gasteiger partial charge < -0.3 is 4.52 Å². The van der Waals surface area contributed by atoms with Gasteiger partial charge in [0.05, 0.1) is 17.7 Å². The summed E-state index contributed by atoms with van der Waals surface area (Å²) in [5, 5.41) is 8.25. The molecule has 22 heavy (non-hydrogen) atoms. The average molecular weight is 300 g/mol. The van der Waals surface area contributed by atoms with E-state index in [4.69, 9.17) is 4.52 Å². The molecule has 0 radical (unpaired) electrons. The van der Waals surface area contributed by atoms with Gasteiger partial charge >= 0.3 is 0 Å². The molecule has 0 amide bonds. The highest BCUT2D eigenvalue weighted by atomic mass is 19.1. The summed E-state index contributed by atoms with van der Waals surface area (Å²) in [7, 11) is 1.90. The zero-order valence-corrected chi connectivity index (χ0v) is 13.0. The highest BCUT2D eigenvalue weighted by Crippen LogP contribution is 2.22. The fourth-order valence-corrected chi connectivity index (χ4v) is 2.46. The van der Waals surface area contributed by atoms with Crippen LogP contribution in [0.4, 0.5) is 4.39 Å². The summed E-state index contributed by atoms with van der Waals surface area (Å²) in [6.45, 7) is 5.77. The highest BCUT2D eigenvalue weighted by Gasteiger charge is 2.16. The summed E-state index contributed by atoms with van der Waals surface area (Å²) >= 11 is 0. The summed E-state index contributed by atoms with van der Waals surface area (Å²) in [6, 6.07) is 4.95. The molecule has 0 atom stereocenters. The van der Waals surface area contributed by atoms with Crippen molar-refractivity contribution in [2.75, 3.05) is 0 Å². The lowest BCUT2D eigenvalue weighted by atomic mass is 10.1. The molecule has 2 heterocycles. The average Bonchev–Trinajstić information content (AvgIpc) is 3.00. The van der Waals surface area contributed by atoms with E-state index in [-0.39, 0.29) is 11.6 Å². The van der Waals surface area contributed by atoms with Crippen molar-refractivity contribution in [3.05, 3.63) is 52.4 Å². The fourth-order valence-electron chi connectivity index (χ4n) is 2.46. The molecule has 114 valence electrons. The van der Waals surface area contributed by atoms with Crippen molar-refractivity contribution in [3.63, 3.8) is 0 Å². The van der Waals surface area contributed by atoms with Crippen LogP contribution in [0.3, 0.4) is 0 Å². The first-order chi connectivity index (χ1) is 10.5. The van der Waals surface area contributed by atoms with E-state index < -0.39 is 0 Å². The summed E-state index contributed by atoms with van der Waals surface area (Å²) in [5.41, 5.74) is 4.24. The lowest BCUT2D eigenvalue weighted by Crippen LogP contribution is -1.95. The van der Waals surface area contributed by atoms with E-state index in [9.17, 15) is 4.39 Å². The maximum Gasteiger partial charge on any atom is 0.231 e. The monoisotopic (exact) mass is 300 g/mol. The van der Waals surface area contributed by atoms with Crippen LogP contribution in [0.15, 0.2) is 22.7 Å². The van der Waals surface area contributed by atoms with E-state index >= 15 is 0 Å². The number of aromatic nitrogens is 4. The number of hydrogen-bond acceptors (Lipinski definition) is 4. The molecular weight excluding hydrogens is 283 g/mol. The second-order valence-electron chi connectivity index (χ2n) is 5.44. The van der Waals surface area contributed by atoms with E-state index in [1.165, 1.54) is 6.07 Å². The van der Waals surface area contributed by atoms with Crippen LogP contribution in [0, 0.1) is 26.6 Å². The maximum absolute atomic E-state index is 14.0. The van der Waals surface area contributed by atoms with Crippen LogP contribution in [-0.2, 0) is 13.5 Å². The van der Waals surface area contributed by atoms with Gasteiger partial charge in [0.2, 0.25) is 11.7 Å². The minimum absolute atomic E-state index is 0.270. The van der Waals surface area contributed by atoms with E-state index in [0.717, 1.165) is 22.5 Å². The van der Waals surface area contributed by atoms with E-state index in [1.54, 1.807) is 6.07 Å².